The summed E-state index contributed by atoms with van der Waals surface area (Å²) in [6.07, 6.45) is 3.54. The van der Waals surface area contributed by atoms with Gasteiger partial charge in [-0.1, -0.05) is 44.2 Å². The molecule has 0 radical (unpaired) electrons. The Morgan fingerprint density at radius 3 is 2.33 bits per heavy atom. The number of carbonyl (C=O) groups is 1. The Labute approximate surface area is 144 Å². The fourth-order valence-electron chi connectivity index (χ4n) is 2.60. The van der Waals surface area contributed by atoms with Crippen LogP contribution in [0.1, 0.15) is 42.7 Å². The Morgan fingerprint density at radius 1 is 1.04 bits per heavy atom. The minimum atomic E-state index is -0.0181. The molecule has 0 saturated carbocycles. The van der Waals surface area contributed by atoms with E-state index in [0.29, 0.717) is 18.2 Å². The van der Waals surface area contributed by atoms with Gasteiger partial charge in [0.05, 0.1) is 0 Å². The molecule has 0 unspecified atom stereocenters. The number of hydrogen-bond acceptors (Lipinski definition) is 4. The number of carbonyl (C=O) groups excluding carboxylic acids is 1. The highest BCUT2D eigenvalue weighted by molar-refractivity contribution is 5.92. The quantitative estimate of drug-likeness (QED) is 0.746. The summed E-state index contributed by atoms with van der Waals surface area (Å²) in [6, 6.07) is 11.8. The molecule has 0 atom stereocenters. The molecular weight excluding hydrogens is 300 g/mol. The number of amides is 1. The van der Waals surface area contributed by atoms with Crippen LogP contribution < -0.4 is 4.90 Å². The zero-order valence-electron chi connectivity index (χ0n) is 14.8. The number of nitrogens with zero attached hydrogens (tertiary/aromatic N) is 4. The fraction of sp³-hybridized carbons (Fsp3) is 0.421. The van der Waals surface area contributed by atoms with Crippen molar-refractivity contribution in [2.75, 3.05) is 25.0 Å². The molecule has 1 aromatic heterocycles. The van der Waals surface area contributed by atoms with Gasteiger partial charge in [0, 0.05) is 32.9 Å². The van der Waals surface area contributed by atoms with Gasteiger partial charge in [-0.2, -0.15) is 0 Å². The Kier molecular flexibility index (Phi) is 6.73. The zero-order valence-corrected chi connectivity index (χ0v) is 14.8. The number of aromatic nitrogens is 2. The van der Waals surface area contributed by atoms with Gasteiger partial charge >= 0.3 is 0 Å². The molecule has 2 rings (SSSR count). The van der Waals surface area contributed by atoms with Crippen LogP contribution in [0, 0.1) is 0 Å². The largest absolute Gasteiger partial charge is 0.340 e. The van der Waals surface area contributed by atoms with E-state index in [4.69, 9.17) is 0 Å². The molecule has 1 aromatic carbocycles. The van der Waals surface area contributed by atoms with Crippen LogP contribution in [0.4, 0.5) is 5.95 Å². The van der Waals surface area contributed by atoms with Crippen molar-refractivity contribution in [3.8, 4) is 0 Å². The van der Waals surface area contributed by atoms with E-state index in [-0.39, 0.29) is 5.91 Å². The van der Waals surface area contributed by atoms with E-state index in [2.05, 4.69) is 35.9 Å². The van der Waals surface area contributed by atoms with Gasteiger partial charge in [-0.25, -0.2) is 9.97 Å². The summed E-state index contributed by atoms with van der Waals surface area (Å²) in [7, 11) is 1.94. The summed E-state index contributed by atoms with van der Waals surface area (Å²) in [5.74, 6) is 0.549. The van der Waals surface area contributed by atoms with Crippen LogP contribution in [0.3, 0.4) is 0 Å². The molecule has 2 aromatic rings. The number of benzene rings is 1. The van der Waals surface area contributed by atoms with Crippen molar-refractivity contribution >= 4 is 11.9 Å². The first-order valence-corrected chi connectivity index (χ1v) is 8.53. The highest BCUT2D eigenvalue weighted by atomic mass is 16.2. The summed E-state index contributed by atoms with van der Waals surface area (Å²) in [6.45, 7) is 6.37. The van der Waals surface area contributed by atoms with E-state index in [9.17, 15) is 4.79 Å². The molecule has 5 heteroatoms. The normalized spacial score (nSPS) is 10.5. The lowest BCUT2D eigenvalue weighted by Crippen LogP contribution is -2.33. The molecule has 0 N–H and O–H groups in total. The highest BCUT2D eigenvalue weighted by Crippen LogP contribution is 2.12. The average Bonchev–Trinajstić information content (AvgIpc) is 2.62. The van der Waals surface area contributed by atoms with Crippen LogP contribution in [0.15, 0.2) is 42.6 Å². The average molecular weight is 326 g/mol. The summed E-state index contributed by atoms with van der Waals surface area (Å²) in [5, 5.41) is 0. The van der Waals surface area contributed by atoms with E-state index >= 15 is 0 Å². The molecular formula is C19H26N4O. The fourth-order valence-corrected chi connectivity index (χ4v) is 2.60. The predicted molar refractivity (Wildman–Crippen MR) is 97.1 cm³/mol. The van der Waals surface area contributed by atoms with E-state index in [1.165, 1.54) is 5.56 Å². The molecule has 0 fully saturated rings. The van der Waals surface area contributed by atoms with Crippen molar-refractivity contribution in [1.29, 1.82) is 0 Å². The lowest BCUT2D eigenvalue weighted by Gasteiger charge is -2.22. The van der Waals surface area contributed by atoms with E-state index in [1.54, 1.807) is 12.3 Å². The van der Waals surface area contributed by atoms with Gasteiger partial charge in [0.25, 0.3) is 5.91 Å². The topological polar surface area (TPSA) is 49.3 Å². The van der Waals surface area contributed by atoms with E-state index in [0.717, 1.165) is 25.9 Å². The van der Waals surface area contributed by atoms with Crippen LogP contribution in [0.25, 0.3) is 0 Å². The van der Waals surface area contributed by atoms with Gasteiger partial charge in [-0.3, -0.25) is 4.79 Å². The monoisotopic (exact) mass is 326 g/mol. The minimum Gasteiger partial charge on any atom is -0.340 e. The van der Waals surface area contributed by atoms with Crippen molar-refractivity contribution in [2.24, 2.45) is 0 Å². The SMILES string of the molecule is CCCN(CCC)C(=O)c1ccnc(N(C)Cc2ccccc2)n1. The van der Waals surface area contributed by atoms with Gasteiger partial charge in [0.2, 0.25) is 5.95 Å². The van der Waals surface area contributed by atoms with Crippen LogP contribution in [0.2, 0.25) is 0 Å². The molecule has 128 valence electrons. The van der Waals surface area contributed by atoms with E-state index < -0.39 is 0 Å². The number of hydrogen-bond donors (Lipinski definition) is 0. The molecule has 24 heavy (non-hydrogen) atoms. The van der Waals surface area contributed by atoms with Crippen molar-refractivity contribution in [3.63, 3.8) is 0 Å². The summed E-state index contributed by atoms with van der Waals surface area (Å²) < 4.78 is 0. The third-order valence-electron chi connectivity index (χ3n) is 3.74. The maximum Gasteiger partial charge on any atom is 0.272 e. The molecule has 0 aliphatic rings. The molecule has 5 nitrogen and oxygen atoms in total. The minimum absolute atomic E-state index is 0.0181. The Balaban J connectivity index is 2.13. The maximum atomic E-state index is 12.7. The summed E-state index contributed by atoms with van der Waals surface area (Å²) in [4.78, 5) is 25.3. The van der Waals surface area contributed by atoms with Gasteiger partial charge in [0.15, 0.2) is 0 Å². The first-order chi connectivity index (χ1) is 11.7. The van der Waals surface area contributed by atoms with Crippen LogP contribution in [-0.2, 0) is 6.54 Å². The van der Waals surface area contributed by atoms with Crippen LogP contribution >= 0.6 is 0 Å². The first-order valence-electron chi connectivity index (χ1n) is 8.53. The van der Waals surface area contributed by atoms with Gasteiger partial charge in [0.1, 0.15) is 5.69 Å². The van der Waals surface area contributed by atoms with E-state index in [1.807, 2.05) is 35.0 Å². The Hall–Kier alpha value is -2.43. The molecule has 0 spiro atoms. The summed E-state index contributed by atoms with van der Waals surface area (Å²) >= 11 is 0. The molecule has 0 bridgehead atoms. The molecule has 0 saturated heterocycles. The standard InChI is InChI=1S/C19H26N4O/c1-4-13-23(14-5-2)18(24)17-11-12-20-19(21-17)22(3)15-16-9-7-6-8-10-16/h6-12H,4-5,13-15H2,1-3H3. The number of anilines is 1. The maximum absolute atomic E-state index is 12.7. The van der Waals surface area contributed by atoms with Crippen molar-refractivity contribution in [2.45, 2.75) is 33.2 Å². The second kappa shape index (κ2) is 9.01. The zero-order chi connectivity index (χ0) is 17.4. The Bertz CT molecular complexity index is 639. The predicted octanol–water partition coefficient (Wildman–Crippen LogP) is 3.38. The second-order valence-corrected chi connectivity index (χ2v) is 5.88. The first kappa shape index (κ1) is 17.9. The summed E-state index contributed by atoms with van der Waals surface area (Å²) in [5.41, 5.74) is 1.64. The van der Waals surface area contributed by atoms with Crippen molar-refractivity contribution < 1.29 is 4.79 Å². The molecule has 0 aliphatic carbocycles. The highest BCUT2D eigenvalue weighted by Gasteiger charge is 2.17. The van der Waals surface area contributed by atoms with Gasteiger partial charge < -0.3 is 9.80 Å². The lowest BCUT2D eigenvalue weighted by atomic mass is 10.2. The third-order valence-corrected chi connectivity index (χ3v) is 3.74. The van der Waals surface area contributed by atoms with Gasteiger partial charge in [-0.15, -0.1) is 0 Å². The number of rotatable bonds is 8. The van der Waals surface area contributed by atoms with Crippen molar-refractivity contribution in [3.05, 3.63) is 53.9 Å². The van der Waals surface area contributed by atoms with Crippen LogP contribution in [-0.4, -0.2) is 40.9 Å². The molecule has 1 heterocycles. The third kappa shape index (κ3) is 4.78. The molecule has 1 amide bonds. The Morgan fingerprint density at radius 2 is 1.71 bits per heavy atom. The van der Waals surface area contributed by atoms with Gasteiger partial charge in [-0.05, 0) is 24.5 Å². The smallest absolute Gasteiger partial charge is 0.272 e. The second-order valence-electron chi connectivity index (χ2n) is 5.88. The lowest BCUT2D eigenvalue weighted by molar-refractivity contribution is 0.0749. The van der Waals surface area contributed by atoms with Crippen LogP contribution in [0.5, 0.6) is 0 Å². The molecule has 0 aliphatic heterocycles. The van der Waals surface area contributed by atoms with Crippen molar-refractivity contribution in [1.82, 2.24) is 14.9 Å².